The van der Waals surface area contributed by atoms with E-state index in [9.17, 15) is 13.6 Å². The van der Waals surface area contributed by atoms with Gasteiger partial charge in [-0.1, -0.05) is 18.5 Å². The average Bonchev–Trinajstić information content (AvgIpc) is 2.93. The number of carbonyl (C=O) groups is 1. The first-order valence-corrected chi connectivity index (χ1v) is 8.63. The van der Waals surface area contributed by atoms with E-state index in [-0.39, 0.29) is 12.1 Å². The van der Waals surface area contributed by atoms with Crippen LogP contribution in [0.1, 0.15) is 29.5 Å². The number of benzene rings is 2. The van der Waals surface area contributed by atoms with Crippen molar-refractivity contribution in [3.8, 4) is 0 Å². The lowest BCUT2D eigenvalue weighted by Crippen LogP contribution is -2.28. The van der Waals surface area contributed by atoms with Crippen molar-refractivity contribution in [3.63, 3.8) is 0 Å². The fraction of sp³-hybridized carbons (Fsp3) is 0.263. The quantitative estimate of drug-likeness (QED) is 0.649. The van der Waals surface area contributed by atoms with Crippen LogP contribution in [0.2, 0.25) is 5.02 Å². The van der Waals surface area contributed by atoms with E-state index in [0.29, 0.717) is 17.4 Å². The number of halogens is 3. The van der Waals surface area contributed by atoms with Crippen LogP contribution in [0.25, 0.3) is 11.0 Å². The SMILES string of the molecule is CCCn1c(CN(C)C(=O)c2cc(F)ccc2F)nc2ccc(Cl)cc21. The van der Waals surface area contributed by atoms with Gasteiger partial charge in [0.05, 0.1) is 23.1 Å². The second-order valence-corrected chi connectivity index (χ2v) is 6.53. The summed E-state index contributed by atoms with van der Waals surface area (Å²) >= 11 is 6.09. The Morgan fingerprint density at radius 2 is 2.00 bits per heavy atom. The molecular weight excluding hydrogens is 360 g/mol. The Hall–Kier alpha value is -2.47. The van der Waals surface area contributed by atoms with Crippen LogP contribution in [0.15, 0.2) is 36.4 Å². The molecule has 1 amide bonds. The van der Waals surface area contributed by atoms with Crippen molar-refractivity contribution in [2.45, 2.75) is 26.4 Å². The lowest BCUT2D eigenvalue weighted by molar-refractivity contribution is 0.0775. The van der Waals surface area contributed by atoms with Gasteiger partial charge in [-0.3, -0.25) is 4.79 Å². The van der Waals surface area contributed by atoms with Crippen molar-refractivity contribution in [1.29, 1.82) is 0 Å². The third kappa shape index (κ3) is 3.55. The van der Waals surface area contributed by atoms with Gasteiger partial charge in [0.25, 0.3) is 5.91 Å². The summed E-state index contributed by atoms with van der Waals surface area (Å²) in [5.41, 5.74) is 1.36. The Balaban J connectivity index is 1.93. The van der Waals surface area contributed by atoms with Gasteiger partial charge in [-0.05, 0) is 42.8 Å². The maximum atomic E-state index is 13.9. The number of carbonyl (C=O) groups excluding carboxylic acids is 1. The zero-order valence-electron chi connectivity index (χ0n) is 14.5. The van der Waals surface area contributed by atoms with E-state index in [1.165, 1.54) is 11.9 Å². The molecule has 0 aliphatic carbocycles. The minimum atomic E-state index is -0.753. The maximum Gasteiger partial charge on any atom is 0.257 e. The summed E-state index contributed by atoms with van der Waals surface area (Å²) in [6, 6.07) is 8.25. The van der Waals surface area contributed by atoms with Crippen molar-refractivity contribution in [1.82, 2.24) is 14.5 Å². The highest BCUT2D eigenvalue weighted by Gasteiger charge is 2.20. The fourth-order valence-corrected chi connectivity index (χ4v) is 3.06. The zero-order valence-corrected chi connectivity index (χ0v) is 15.2. The Labute approximate surface area is 155 Å². The molecule has 3 aromatic rings. The fourth-order valence-electron chi connectivity index (χ4n) is 2.89. The molecule has 0 bridgehead atoms. The van der Waals surface area contributed by atoms with Gasteiger partial charge in [0.15, 0.2) is 0 Å². The second-order valence-electron chi connectivity index (χ2n) is 6.10. The lowest BCUT2D eigenvalue weighted by atomic mass is 10.2. The highest BCUT2D eigenvalue weighted by Crippen LogP contribution is 2.22. The third-order valence-electron chi connectivity index (χ3n) is 4.12. The average molecular weight is 378 g/mol. The van der Waals surface area contributed by atoms with Gasteiger partial charge in [-0.15, -0.1) is 0 Å². The lowest BCUT2D eigenvalue weighted by Gasteiger charge is -2.18. The van der Waals surface area contributed by atoms with Gasteiger partial charge < -0.3 is 9.47 Å². The Morgan fingerprint density at radius 1 is 1.23 bits per heavy atom. The van der Waals surface area contributed by atoms with Crippen LogP contribution < -0.4 is 0 Å². The van der Waals surface area contributed by atoms with Gasteiger partial charge >= 0.3 is 0 Å². The molecule has 0 aliphatic rings. The predicted molar refractivity (Wildman–Crippen MR) is 97.2 cm³/mol. The maximum absolute atomic E-state index is 13.9. The number of hydrogen-bond donors (Lipinski definition) is 0. The van der Waals surface area contributed by atoms with Gasteiger partial charge in [0.1, 0.15) is 17.5 Å². The molecule has 0 fully saturated rings. The van der Waals surface area contributed by atoms with Crippen LogP contribution in [0, 0.1) is 11.6 Å². The van der Waals surface area contributed by atoms with Crippen molar-refractivity contribution in [2.75, 3.05) is 7.05 Å². The Morgan fingerprint density at radius 3 is 2.73 bits per heavy atom. The Bertz CT molecular complexity index is 971. The highest BCUT2D eigenvalue weighted by atomic mass is 35.5. The van der Waals surface area contributed by atoms with Crippen molar-refractivity contribution >= 4 is 28.5 Å². The predicted octanol–water partition coefficient (Wildman–Crippen LogP) is 4.65. The molecule has 7 heteroatoms. The smallest absolute Gasteiger partial charge is 0.257 e. The Kier molecular flexibility index (Phi) is 5.23. The third-order valence-corrected chi connectivity index (χ3v) is 4.36. The van der Waals surface area contributed by atoms with Gasteiger partial charge in [0, 0.05) is 18.6 Å². The summed E-state index contributed by atoms with van der Waals surface area (Å²) in [7, 11) is 1.54. The topological polar surface area (TPSA) is 38.1 Å². The van der Waals surface area contributed by atoms with Crippen molar-refractivity contribution in [2.24, 2.45) is 0 Å². The van der Waals surface area contributed by atoms with Crippen LogP contribution in [0.4, 0.5) is 8.78 Å². The van der Waals surface area contributed by atoms with Gasteiger partial charge in [-0.25, -0.2) is 13.8 Å². The molecule has 1 heterocycles. The molecule has 0 saturated carbocycles. The number of nitrogens with zero attached hydrogens (tertiary/aromatic N) is 3. The summed E-state index contributed by atoms with van der Waals surface area (Å²) in [6.07, 6.45) is 0.876. The molecule has 0 atom stereocenters. The molecule has 1 aromatic heterocycles. The number of amides is 1. The minimum Gasteiger partial charge on any atom is -0.334 e. The number of aromatic nitrogens is 2. The summed E-state index contributed by atoms with van der Waals surface area (Å²) in [5, 5.41) is 0.604. The van der Waals surface area contributed by atoms with E-state index in [0.717, 1.165) is 35.7 Å². The van der Waals surface area contributed by atoms with Crippen LogP contribution >= 0.6 is 11.6 Å². The van der Waals surface area contributed by atoms with Crippen LogP contribution in [-0.2, 0) is 13.1 Å². The molecule has 2 aromatic carbocycles. The first-order chi connectivity index (χ1) is 12.4. The molecule has 3 rings (SSSR count). The van der Waals surface area contributed by atoms with Gasteiger partial charge in [0.2, 0.25) is 0 Å². The molecule has 0 spiro atoms. The summed E-state index contributed by atoms with van der Waals surface area (Å²) in [4.78, 5) is 18.4. The summed E-state index contributed by atoms with van der Waals surface area (Å²) in [5.74, 6) is -1.35. The molecule has 136 valence electrons. The largest absolute Gasteiger partial charge is 0.334 e. The number of rotatable bonds is 5. The van der Waals surface area contributed by atoms with E-state index in [1.54, 1.807) is 6.07 Å². The van der Waals surface area contributed by atoms with E-state index in [1.807, 2.05) is 23.6 Å². The van der Waals surface area contributed by atoms with Crippen LogP contribution in [0.5, 0.6) is 0 Å². The second kappa shape index (κ2) is 7.41. The van der Waals surface area contributed by atoms with E-state index < -0.39 is 17.5 Å². The molecule has 0 N–H and O–H groups in total. The monoisotopic (exact) mass is 377 g/mol. The van der Waals surface area contributed by atoms with Crippen LogP contribution in [-0.4, -0.2) is 27.4 Å². The van der Waals surface area contributed by atoms with Crippen molar-refractivity contribution < 1.29 is 13.6 Å². The molecule has 26 heavy (non-hydrogen) atoms. The van der Waals surface area contributed by atoms with E-state index in [2.05, 4.69) is 4.98 Å². The normalized spacial score (nSPS) is 11.1. The highest BCUT2D eigenvalue weighted by molar-refractivity contribution is 6.31. The standard InChI is InChI=1S/C19H18ClF2N3O/c1-3-8-25-17-9-12(20)4-7-16(17)23-18(25)11-24(2)19(26)14-10-13(21)5-6-15(14)22/h4-7,9-10H,3,8,11H2,1-2H3. The number of fused-ring (bicyclic) bond motifs is 1. The number of imidazole rings is 1. The first kappa shape index (κ1) is 18.3. The molecule has 0 radical (unpaired) electrons. The molecule has 0 aliphatic heterocycles. The van der Waals surface area contributed by atoms with Crippen molar-refractivity contribution in [3.05, 3.63) is 64.4 Å². The minimum absolute atomic E-state index is 0.168. The summed E-state index contributed by atoms with van der Waals surface area (Å²) < 4.78 is 29.2. The number of hydrogen-bond acceptors (Lipinski definition) is 2. The summed E-state index contributed by atoms with van der Waals surface area (Å²) in [6.45, 7) is 2.92. The van der Waals surface area contributed by atoms with Crippen LogP contribution in [0.3, 0.4) is 0 Å². The van der Waals surface area contributed by atoms with Gasteiger partial charge in [-0.2, -0.15) is 0 Å². The molecular formula is C19H18ClF2N3O. The molecule has 4 nitrogen and oxygen atoms in total. The van der Waals surface area contributed by atoms with E-state index >= 15 is 0 Å². The molecule has 0 unspecified atom stereocenters. The van der Waals surface area contributed by atoms with E-state index in [4.69, 9.17) is 11.6 Å². The molecule has 0 saturated heterocycles. The first-order valence-electron chi connectivity index (χ1n) is 8.26. The zero-order chi connectivity index (χ0) is 18.8. The number of aryl methyl sites for hydroxylation is 1.